The van der Waals surface area contributed by atoms with E-state index in [1.54, 1.807) is 25.1 Å². The number of nitrogens with one attached hydrogen (secondary N) is 2. The molecule has 0 saturated heterocycles. The topological polar surface area (TPSA) is 120 Å². The molecule has 3 heterocycles. The summed E-state index contributed by atoms with van der Waals surface area (Å²) in [7, 11) is 1.48. The molecule has 1 aromatic carbocycles. The van der Waals surface area contributed by atoms with Crippen molar-refractivity contribution in [3.05, 3.63) is 81.5 Å². The zero-order valence-corrected chi connectivity index (χ0v) is 20.5. The van der Waals surface area contributed by atoms with Gasteiger partial charge in [-0.1, -0.05) is 17.7 Å². The van der Waals surface area contributed by atoms with Gasteiger partial charge >= 0.3 is 6.18 Å². The summed E-state index contributed by atoms with van der Waals surface area (Å²) in [5.74, 6) is -0.923. The second kappa shape index (κ2) is 10.0. The van der Waals surface area contributed by atoms with E-state index in [2.05, 4.69) is 30.9 Å². The molecule has 0 aliphatic carbocycles. The van der Waals surface area contributed by atoms with Crippen molar-refractivity contribution in [1.29, 1.82) is 0 Å². The summed E-state index contributed by atoms with van der Waals surface area (Å²) in [6.07, 6.45) is -2.61. The van der Waals surface area contributed by atoms with Gasteiger partial charge in [-0.3, -0.25) is 9.59 Å². The Morgan fingerprint density at radius 3 is 2.51 bits per heavy atom. The molecule has 14 heteroatoms. The first-order valence-electron chi connectivity index (χ1n) is 10.8. The van der Waals surface area contributed by atoms with Crippen molar-refractivity contribution in [3.63, 3.8) is 0 Å². The second-order valence-electron chi connectivity index (χ2n) is 8.04. The Morgan fingerprint density at radius 2 is 1.86 bits per heavy atom. The molecule has 0 radical (unpaired) electrons. The third kappa shape index (κ3) is 5.45. The Labute approximate surface area is 213 Å². The van der Waals surface area contributed by atoms with Gasteiger partial charge in [-0.25, -0.2) is 9.67 Å². The monoisotopic (exact) mass is 532 g/mol. The molecule has 0 atom stereocenters. The number of anilines is 1. The number of hydrogen-bond acceptors (Lipinski definition) is 6. The van der Waals surface area contributed by atoms with Gasteiger partial charge in [0.2, 0.25) is 0 Å². The normalized spacial score (nSPS) is 11.4. The zero-order valence-electron chi connectivity index (χ0n) is 19.8. The van der Waals surface area contributed by atoms with E-state index < -0.39 is 23.7 Å². The minimum absolute atomic E-state index is 0.0263. The number of aryl methyl sites for hydroxylation is 2. The van der Waals surface area contributed by atoms with Gasteiger partial charge in [-0.15, -0.1) is 5.10 Å². The zero-order chi connectivity index (χ0) is 26.9. The summed E-state index contributed by atoms with van der Waals surface area (Å²) in [6.45, 7) is 3.30. The number of aromatic nitrogens is 6. The number of carbonyl (C=O) groups excluding carboxylic acids is 2. The number of hydrogen-bond donors (Lipinski definition) is 2. The van der Waals surface area contributed by atoms with E-state index >= 15 is 0 Å². The molecule has 0 spiro atoms. The molecule has 0 unspecified atom stereocenters. The largest absolute Gasteiger partial charge is 0.436 e. The number of amides is 2. The molecule has 4 aromatic rings. The number of pyridine rings is 1. The first-order chi connectivity index (χ1) is 17.5. The standard InChI is InChI=1S/C23H20ClF3N8O2/c1-12-7-13(2)19(15(8-12)21(36)28-3)31-22(37)17-9-14(11-34-30-10-18(33-34)23(25,26)27)32-35(17)20-16(24)5-4-6-29-20/h4-10H,11H2,1-3H3,(H,28,36)(H,31,37). The quantitative estimate of drug-likeness (QED) is 0.390. The number of rotatable bonds is 6. The van der Waals surface area contributed by atoms with Gasteiger partial charge in [0.15, 0.2) is 11.5 Å². The van der Waals surface area contributed by atoms with Gasteiger partial charge in [0.25, 0.3) is 11.8 Å². The van der Waals surface area contributed by atoms with E-state index in [0.29, 0.717) is 17.4 Å². The maximum atomic E-state index is 13.5. The van der Waals surface area contributed by atoms with Crippen LogP contribution in [0.1, 0.15) is 43.4 Å². The minimum atomic E-state index is -4.65. The highest BCUT2D eigenvalue weighted by atomic mass is 35.5. The van der Waals surface area contributed by atoms with Crippen LogP contribution in [0.25, 0.3) is 5.82 Å². The lowest BCUT2D eigenvalue weighted by molar-refractivity contribution is -0.141. The van der Waals surface area contributed by atoms with Crippen molar-refractivity contribution in [2.75, 3.05) is 12.4 Å². The third-order valence-electron chi connectivity index (χ3n) is 5.25. The molecule has 0 aliphatic heterocycles. The molecule has 3 aromatic heterocycles. The highest BCUT2D eigenvalue weighted by Crippen LogP contribution is 2.27. The molecular formula is C23H20ClF3N8O2. The molecule has 0 saturated carbocycles. The van der Waals surface area contributed by atoms with Crippen LogP contribution in [0.15, 0.2) is 42.7 Å². The Bertz CT molecular complexity index is 1500. The van der Waals surface area contributed by atoms with Crippen LogP contribution in [0.2, 0.25) is 5.02 Å². The van der Waals surface area contributed by atoms with Crippen molar-refractivity contribution in [2.24, 2.45) is 0 Å². The maximum Gasteiger partial charge on any atom is 0.436 e. The summed E-state index contributed by atoms with van der Waals surface area (Å²) in [5, 5.41) is 16.9. The SMILES string of the molecule is CNC(=O)c1cc(C)cc(C)c1NC(=O)c1cc(Cn2ncc(C(F)(F)F)n2)nn1-c1ncccc1Cl. The van der Waals surface area contributed by atoms with Crippen molar-refractivity contribution >= 4 is 29.1 Å². The molecule has 0 bridgehead atoms. The number of alkyl halides is 3. The van der Waals surface area contributed by atoms with Gasteiger partial charge < -0.3 is 10.6 Å². The van der Waals surface area contributed by atoms with Crippen LogP contribution in [0, 0.1) is 13.8 Å². The molecule has 0 aliphatic rings. The van der Waals surface area contributed by atoms with Crippen LogP contribution >= 0.6 is 11.6 Å². The highest BCUT2D eigenvalue weighted by Gasteiger charge is 2.34. The molecule has 2 amide bonds. The predicted octanol–water partition coefficient (Wildman–Crippen LogP) is 3.81. The Hall–Kier alpha value is -4.26. The first kappa shape index (κ1) is 25.8. The lowest BCUT2D eigenvalue weighted by Crippen LogP contribution is -2.23. The van der Waals surface area contributed by atoms with E-state index in [1.807, 2.05) is 13.0 Å². The fourth-order valence-corrected chi connectivity index (χ4v) is 3.84. The second-order valence-corrected chi connectivity index (χ2v) is 8.44. The average molecular weight is 533 g/mol. The number of nitrogens with zero attached hydrogens (tertiary/aromatic N) is 6. The molecular weight excluding hydrogens is 513 g/mol. The van der Waals surface area contributed by atoms with E-state index in [9.17, 15) is 22.8 Å². The van der Waals surface area contributed by atoms with Crippen LogP contribution in [-0.2, 0) is 12.7 Å². The minimum Gasteiger partial charge on any atom is -0.355 e. The van der Waals surface area contributed by atoms with E-state index in [1.165, 1.54) is 24.0 Å². The summed E-state index contributed by atoms with van der Waals surface area (Å²) >= 11 is 6.28. The molecule has 0 fully saturated rings. The molecule has 10 nitrogen and oxygen atoms in total. The predicted molar refractivity (Wildman–Crippen MR) is 128 cm³/mol. The van der Waals surface area contributed by atoms with Crippen LogP contribution in [-0.4, -0.2) is 48.6 Å². The van der Waals surface area contributed by atoms with Crippen LogP contribution < -0.4 is 10.6 Å². The van der Waals surface area contributed by atoms with Crippen LogP contribution in [0.4, 0.5) is 18.9 Å². The van der Waals surface area contributed by atoms with E-state index in [0.717, 1.165) is 10.4 Å². The summed E-state index contributed by atoms with van der Waals surface area (Å²) in [4.78, 5) is 30.9. The Morgan fingerprint density at radius 1 is 1.11 bits per heavy atom. The van der Waals surface area contributed by atoms with Crippen LogP contribution in [0.5, 0.6) is 0 Å². The van der Waals surface area contributed by atoms with E-state index in [4.69, 9.17) is 11.6 Å². The highest BCUT2D eigenvalue weighted by molar-refractivity contribution is 6.32. The van der Waals surface area contributed by atoms with E-state index in [-0.39, 0.29) is 34.3 Å². The summed E-state index contributed by atoms with van der Waals surface area (Å²) < 4.78 is 39.9. The number of benzene rings is 1. The average Bonchev–Trinajstić information content (AvgIpc) is 3.48. The third-order valence-corrected chi connectivity index (χ3v) is 5.55. The summed E-state index contributed by atoms with van der Waals surface area (Å²) in [5.41, 5.74) is 1.01. The van der Waals surface area contributed by atoms with Crippen molar-refractivity contribution < 1.29 is 22.8 Å². The number of carbonyl (C=O) groups is 2. The van der Waals surface area contributed by atoms with Gasteiger partial charge in [0.05, 0.1) is 28.2 Å². The summed E-state index contributed by atoms with van der Waals surface area (Å²) in [6, 6.07) is 7.95. The first-order valence-corrected chi connectivity index (χ1v) is 11.2. The molecule has 37 heavy (non-hydrogen) atoms. The lowest BCUT2D eigenvalue weighted by Gasteiger charge is -2.15. The molecule has 4 rings (SSSR count). The lowest BCUT2D eigenvalue weighted by atomic mass is 10.0. The van der Waals surface area contributed by atoms with Crippen molar-refractivity contribution in [3.8, 4) is 5.82 Å². The Kier molecular flexibility index (Phi) is 6.99. The van der Waals surface area contributed by atoms with Crippen molar-refractivity contribution in [1.82, 2.24) is 35.1 Å². The van der Waals surface area contributed by atoms with Gasteiger partial charge in [-0.05, 0) is 49.2 Å². The smallest absolute Gasteiger partial charge is 0.355 e. The van der Waals surface area contributed by atoms with Crippen LogP contribution in [0.3, 0.4) is 0 Å². The van der Waals surface area contributed by atoms with Gasteiger partial charge in [0, 0.05) is 13.2 Å². The fourth-order valence-electron chi connectivity index (χ4n) is 3.64. The van der Waals surface area contributed by atoms with Crippen molar-refractivity contribution in [2.45, 2.75) is 26.6 Å². The molecule has 2 N–H and O–H groups in total. The maximum absolute atomic E-state index is 13.5. The fraction of sp³-hybridized carbons (Fsp3) is 0.217. The van der Waals surface area contributed by atoms with Gasteiger partial charge in [0.1, 0.15) is 12.2 Å². The Balaban J connectivity index is 1.75. The number of halogens is 4. The van der Waals surface area contributed by atoms with Gasteiger partial charge in [-0.2, -0.15) is 28.2 Å². The molecule has 192 valence electrons.